The van der Waals surface area contributed by atoms with Crippen molar-refractivity contribution in [3.05, 3.63) is 57.6 Å². The number of halogens is 4. The minimum atomic E-state index is -4.61. The van der Waals surface area contributed by atoms with Crippen LogP contribution in [-0.4, -0.2) is 30.5 Å². The molecule has 1 unspecified atom stereocenters. The van der Waals surface area contributed by atoms with Crippen LogP contribution in [0.15, 0.2) is 35.1 Å². The summed E-state index contributed by atoms with van der Waals surface area (Å²) in [5.74, 6) is -0.500. The molecule has 1 N–H and O–H groups in total. The number of aromatic nitrogens is 5. The van der Waals surface area contributed by atoms with Crippen molar-refractivity contribution in [1.29, 1.82) is 0 Å². The number of benzene rings is 1. The first kappa shape index (κ1) is 21.5. The van der Waals surface area contributed by atoms with Crippen molar-refractivity contribution in [3.63, 3.8) is 0 Å². The number of anilines is 1. The van der Waals surface area contributed by atoms with Gasteiger partial charge in [0.15, 0.2) is 5.69 Å². The smallest absolute Gasteiger partial charge is 0.291 e. The lowest BCUT2D eigenvalue weighted by Gasteiger charge is -2.14. The second-order valence-electron chi connectivity index (χ2n) is 7.62. The summed E-state index contributed by atoms with van der Waals surface area (Å²) in [6, 6.07) is 6.88. The van der Waals surface area contributed by atoms with E-state index in [2.05, 4.69) is 36.4 Å². The first-order valence-corrected chi connectivity index (χ1v) is 10.5. The van der Waals surface area contributed by atoms with Gasteiger partial charge in [-0.25, -0.2) is 9.67 Å². The number of alkyl halides is 3. The van der Waals surface area contributed by atoms with Crippen molar-refractivity contribution in [2.75, 3.05) is 5.32 Å². The molecular formula is C20H20BrF3N6O. The molecule has 1 atom stereocenters. The molecule has 0 bridgehead atoms. The third kappa shape index (κ3) is 4.51. The Morgan fingerprint density at radius 2 is 2.00 bits per heavy atom. The zero-order chi connectivity index (χ0) is 22.3. The van der Waals surface area contributed by atoms with Gasteiger partial charge in [-0.2, -0.15) is 18.3 Å². The van der Waals surface area contributed by atoms with Crippen molar-refractivity contribution >= 4 is 27.8 Å². The molecule has 2 aromatic heterocycles. The lowest BCUT2D eigenvalue weighted by Crippen LogP contribution is -2.26. The van der Waals surface area contributed by atoms with Crippen LogP contribution in [0.3, 0.4) is 0 Å². The normalized spacial score (nSPS) is 15.2. The van der Waals surface area contributed by atoms with E-state index in [-0.39, 0.29) is 16.3 Å². The number of hydrogen-bond donors (Lipinski definition) is 1. The van der Waals surface area contributed by atoms with Crippen LogP contribution in [0.4, 0.5) is 19.1 Å². The summed E-state index contributed by atoms with van der Waals surface area (Å²) < 4.78 is 42.6. The second-order valence-corrected chi connectivity index (χ2v) is 8.41. The Hall–Kier alpha value is -2.69. The van der Waals surface area contributed by atoms with Crippen molar-refractivity contribution in [2.45, 2.75) is 51.4 Å². The molecule has 3 aromatic rings. The maximum atomic E-state index is 13.3. The number of carbonyl (C=O) groups is 1. The van der Waals surface area contributed by atoms with Gasteiger partial charge in [0.1, 0.15) is 12.4 Å². The first-order chi connectivity index (χ1) is 14.6. The number of nitrogens with one attached hydrogen (secondary N) is 1. The zero-order valence-electron chi connectivity index (χ0n) is 16.8. The average molecular weight is 497 g/mol. The molecule has 11 heteroatoms. The van der Waals surface area contributed by atoms with Crippen LogP contribution in [0.2, 0.25) is 0 Å². The van der Waals surface area contributed by atoms with E-state index >= 15 is 0 Å². The first-order valence-electron chi connectivity index (χ1n) is 9.75. The molecule has 1 aliphatic rings. The molecule has 1 saturated carbocycles. The molecule has 0 aliphatic heterocycles. The summed E-state index contributed by atoms with van der Waals surface area (Å²) >= 11 is 3.04. The molecule has 1 amide bonds. The Labute approximate surface area is 184 Å². The van der Waals surface area contributed by atoms with E-state index in [1.165, 1.54) is 13.3 Å². The van der Waals surface area contributed by atoms with Crippen LogP contribution in [-0.2, 0) is 17.5 Å². The van der Waals surface area contributed by atoms with Gasteiger partial charge in [0.05, 0.1) is 16.7 Å². The lowest BCUT2D eigenvalue weighted by atomic mass is 10.1. The second kappa shape index (κ2) is 8.10. The SMILES string of the molecule is Cc1ccccc1Cn1cnc(NC(=O)C(C)n2nc(C(F)(F)F)c(Br)c2C2CC2)n1. The molecule has 7 nitrogen and oxygen atoms in total. The summed E-state index contributed by atoms with van der Waals surface area (Å²) in [6.07, 6.45) is -1.59. The van der Waals surface area contributed by atoms with E-state index in [0.717, 1.165) is 28.7 Å². The van der Waals surface area contributed by atoms with Crippen LogP contribution in [0, 0.1) is 6.92 Å². The van der Waals surface area contributed by atoms with Crippen LogP contribution in [0.5, 0.6) is 0 Å². The Morgan fingerprint density at radius 3 is 2.65 bits per heavy atom. The van der Waals surface area contributed by atoms with Crippen molar-refractivity contribution in [1.82, 2.24) is 24.5 Å². The van der Waals surface area contributed by atoms with E-state index in [4.69, 9.17) is 0 Å². The Bertz CT molecular complexity index is 1120. The third-order valence-electron chi connectivity index (χ3n) is 5.23. The Morgan fingerprint density at radius 1 is 1.29 bits per heavy atom. The quantitative estimate of drug-likeness (QED) is 0.536. The minimum Gasteiger partial charge on any atom is -0.291 e. The van der Waals surface area contributed by atoms with E-state index in [1.807, 2.05) is 31.2 Å². The standard InChI is InChI=1S/C20H20BrF3N6O/c1-11-5-3-4-6-14(11)9-29-10-25-19(28-29)26-18(31)12(2)30-16(13-7-8-13)15(21)17(27-30)20(22,23)24/h3-6,10,12-13H,7-9H2,1-2H3,(H,26,28,31). The predicted octanol–water partition coefficient (Wildman–Crippen LogP) is 4.69. The molecule has 0 radical (unpaired) electrons. The van der Waals surface area contributed by atoms with Crippen LogP contribution >= 0.6 is 15.9 Å². The number of carbonyl (C=O) groups excluding carboxylic acids is 1. The van der Waals surface area contributed by atoms with Crippen molar-refractivity contribution in [2.24, 2.45) is 0 Å². The molecule has 0 saturated heterocycles. The summed E-state index contributed by atoms with van der Waals surface area (Å²) in [6.45, 7) is 3.98. The Kier molecular flexibility index (Phi) is 5.63. The van der Waals surface area contributed by atoms with E-state index in [9.17, 15) is 18.0 Å². The lowest BCUT2D eigenvalue weighted by molar-refractivity contribution is -0.142. The molecule has 0 spiro atoms. The fourth-order valence-corrected chi connectivity index (χ4v) is 4.15. The highest BCUT2D eigenvalue weighted by Gasteiger charge is 2.43. The van der Waals surface area contributed by atoms with Gasteiger partial charge in [0.25, 0.3) is 5.91 Å². The molecule has 4 rings (SSSR count). The molecule has 164 valence electrons. The molecule has 2 heterocycles. The number of amides is 1. The summed E-state index contributed by atoms with van der Waals surface area (Å²) in [7, 11) is 0. The predicted molar refractivity (Wildman–Crippen MR) is 111 cm³/mol. The summed E-state index contributed by atoms with van der Waals surface area (Å²) in [4.78, 5) is 16.8. The van der Waals surface area contributed by atoms with Crippen molar-refractivity contribution < 1.29 is 18.0 Å². The van der Waals surface area contributed by atoms with Gasteiger partial charge in [0, 0.05) is 5.92 Å². The van der Waals surface area contributed by atoms with Gasteiger partial charge in [-0.3, -0.25) is 14.8 Å². The number of hydrogen-bond acceptors (Lipinski definition) is 4. The van der Waals surface area contributed by atoms with Gasteiger partial charge in [-0.1, -0.05) is 24.3 Å². The topological polar surface area (TPSA) is 77.6 Å². The molecule has 1 aromatic carbocycles. The van der Waals surface area contributed by atoms with Crippen LogP contribution in [0.25, 0.3) is 0 Å². The Balaban J connectivity index is 1.51. The fourth-order valence-electron chi connectivity index (χ4n) is 3.34. The van der Waals surface area contributed by atoms with E-state index < -0.39 is 23.8 Å². The monoisotopic (exact) mass is 496 g/mol. The van der Waals surface area contributed by atoms with Gasteiger partial charge < -0.3 is 0 Å². The minimum absolute atomic E-state index is 0.0420. The average Bonchev–Trinajstić information content (AvgIpc) is 3.34. The number of aryl methyl sites for hydroxylation is 1. The van der Waals surface area contributed by atoms with Gasteiger partial charge in [-0.05, 0) is 53.7 Å². The maximum absolute atomic E-state index is 13.3. The summed E-state index contributed by atoms with van der Waals surface area (Å²) in [5.41, 5.74) is 1.55. The highest BCUT2D eigenvalue weighted by molar-refractivity contribution is 9.10. The third-order valence-corrected chi connectivity index (χ3v) is 6.01. The van der Waals surface area contributed by atoms with Gasteiger partial charge in [-0.15, -0.1) is 5.10 Å². The van der Waals surface area contributed by atoms with Gasteiger partial charge >= 0.3 is 6.18 Å². The maximum Gasteiger partial charge on any atom is 0.436 e. The number of nitrogens with zero attached hydrogens (tertiary/aromatic N) is 5. The molecule has 1 aliphatic carbocycles. The van der Waals surface area contributed by atoms with Crippen molar-refractivity contribution in [3.8, 4) is 0 Å². The zero-order valence-corrected chi connectivity index (χ0v) is 18.4. The number of rotatable bonds is 6. The largest absolute Gasteiger partial charge is 0.436 e. The van der Waals surface area contributed by atoms with Gasteiger partial charge in [0.2, 0.25) is 5.95 Å². The highest BCUT2D eigenvalue weighted by atomic mass is 79.9. The van der Waals surface area contributed by atoms with Crippen LogP contribution in [0.1, 0.15) is 54.2 Å². The molecule has 31 heavy (non-hydrogen) atoms. The van der Waals surface area contributed by atoms with Crippen LogP contribution < -0.4 is 5.32 Å². The molecule has 1 fully saturated rings. The molecular weight excluding hydrogens is 477 g/mol. The summed E-state index contributed by atoms with van der Waals surface area (Å²) in [5, 5.41) is 10.5. The fraction of sp³-hybridized carbons (Fsp3) is 0.400. The highest BCUT2D eigenvalue weighted by Crippen LogP contribution is 2.47. The van der Waals surface area contributed by atoms with E-state index in [1.54, 1.807) is 4.68 Å². The van der Waals surface area contributed by atoms with E-state index in [0.29, 0.717) is 12.2 Å².